The van der Waals surface area contributed by atoms with E-state index in [9.17, 15) is 0 Å². The third kappa shape index (κ3) is 2.16. The van der Waals surface area contributed by atoms with Crippen LogP contribution in [0.4, 0.5) is 0 Å². The molecule has 92 valence electrons. The number of aromatic nitrogens is 2. The highest BCUT2D eigenvalue weighted by Gasteiger charge is 2.16. The van der Waals surface area contributed by atoms with Gasteiger partial charge in [0.2, 0.25) is 0 Å². The SMILES string of the molecule is CCNC(c1cncnc1)c1cc2sccc2s1. The van der Waals surface area contributed by atoms with Crippen LogP contribution in [0.25, 0.3) is 9.40 Å². The smallest absolute Gasteiger partial charge is 0.115 e. The van der Waals surface area contributed by atoms with Crippen LogP contribution in [0.1, 0.15) is 23.4 Å². The Morgan fingerprint density at radius 3 is 2.83 bits per heavy atom. The minimum Gasteiger partial charge on any atom is -0.306 e. The average molecular weight is 275 g/mol. The first kappa shape index (κ1) is 11.8. The van der Waals surface area contributed by atoms with Gasteiger partial charge in [0.25, 0.3) is 0 Å². The number of hydrogen-bond donors (Lipinski definition) is 1. The van der Waals surface area contributed by atoms with Crippen molar-refractivity contribution in [3.8, 4) is 0 Å². The second-order valence-electron chi connectivity index (χ2n) is 3.96. The van der Waals surface area contributed by atoms with E-state index in [4.69, 9.17) is 0 Å². The van der Waals surface area contributed by atoms with Crippen LogP contribution in [-0.2, 0) is 0 Å². The summed E-state index contributed by atoms with van der Waals surface area (Å²) >= 11 is 3.63. The Labute approximate surface area is 114 Å². The quantitative estimate of drug-likeness (QED) is 0.792. The number of fused-ring (bicyclic) bond motifs is 1. The van der Waals surface area contributed by atoms with Gasteiger partial charge < -0.3 is 5.32 Å². The number of nitrogens with one attached hydrogen (secondary N) is 1. The Morgan fingerprint density at radius 2 is 2.11 bits per heavy atom. The lowest BCUT2D eigenvalue weighted by atomic mass is 10.1. The molecular weight excluding hydrogens is 262 g/mol. The van der Waals surface area contributed by atoms with E-state index < -0.39 is 0 Å². The molecule has 0 aliphatic heterocycles. The van der Waals surface area contributed by atoms with Gasteiger partial charge in [-0.25, -0.2) is 9.97 Å². The Kier molecular flexibility index (Phi) is 3.36. The normalized spacial score (nSPS) is 12.9. The molecule has 0 radical (unpaired) electrons. The minimum absolute atomic E-state index is 0.195. The van der Waals surface area contributed by atoms with Crippen LogP contribution in [-0.4, -0.2) is 16.5 Å². The summed E-state index contributed by atoms with van der Waals surface area (Å²) in [5.74, 6) is 0. The van der Waals surface area contributed by atoms with Crippen molar-refractivity contribution in [2.75, 3.05) is 6.54 Å². The maximum atomic E-state index is 4.11. The van der Waals surface area contributed by atoms with E-state index >= 15 is 0 Å². The molecule has 0 saturated heterocycles. The molecule has 0 spiro atoms. The standard InChI is InChI=1S/C13H13N3S2/c1-2-16-13(9-6-14-8-15-7-9)12-5-11-10(18-12)3-4-17-11/h3-8,13,16H,2H2,1H3. The van der Waals surface area contributed by atoms with Crippen molar-refractivity contribution in [2.24, 2.45) is 0 Å². The third-order valence-electron chi connectivity index (χ3n) is 2.77. The van der Waals surface area contributed by atoms with Gasteiger partial charge in [-0.15, -0.1) is 22.7 Å². The topological polar surface area (TPSA) is 37.8 Å². The van der Waals surface area contributed by atoms with Gasteiger partial charge in [0.15, 0.2) is 0 Å². The Balaban J connectivity index is 2.01. The van der Waals surface area contributed by atoms with Gasteiger partial charge in [-0.1, -0.05) is 6.92 Å². The number of rotatable bonds is 4. The zero-order valence-corrected chi connectivity index (χ0v) is 11.6. The highest BCUT2D eigenvalue weighted by atomic mass is 32.1. The molecule has 3 aromatic heterocycles. The fourth-order valence-corrected chi connectivity index (χ4v) is 4.20. The van der Waals surface area contributed by atoms with Gasteiger partial charge in [0.05, 0.1) is 6.04 Å². The summed E-state index contributed by atoms with van der Waals surface area (Å²) in [5.41, 5.74) is 1.12. The van der Waals surface area contributed by atoms with E-state index in [1.165, 1.54) is 14.3 Å². The summed E-state index contributed by atoms with van der Waals surface area (Å²) in [6.07, 6.45) is 5.34. The molecular formula is C13H13N3S2. The highest BCUT2D eigenvalue weighted by molar-refractivity contribution is 7.27. The van der Waals surface area contributed by atoms with E-state index in [1.54, 1.807) is 17.7 Å². The van der Waals surface area contributed by atoms with E-state index in [0.717, 1.165) is 12.1 Å². The molecule has 1 unspecified atom stereocenters. The zero-order chi connectivity index (χ0) is 12.4. The van der Waals surface area contributed by atoms with Crippen LogP contribution in [0.5, 0.6) is 0 Å². The summed E-state index contributed by atoms with van der Waals surface area (Å²) in [5, 5.41) is 5.64. The van der Waals surface area contributed by atoms with Gasteiger partial charge in [-0.05, 0) is 24.1 Å². The van der Waals surface area contributed by atoms with Crippen LogP contribution in [0.2, 0.25) is 0 Å². The molecule has 5 heteroatoms. The van der Waals surface area contributed by atoms with E-state index in [1.807, 2.05) is 23.7 Å². The highest BCUT2D eigenvalue weighted by Crippen LogP contribution is 2.35. The Hall–Kier alpha value is -1.30. The monoisotopic (exact) mass is 275 g/mol. The molecule has 3 nitrogen and oxygen atoms in total. The molecule has 0 aliphatic rings. The summed E-state index contributed by atoms with van der Waals surface area (Å²) in [6, 6.07) is 4.64. The van der Waals surface area contributed by atoms with Gasteiger partial charge in [-0.2, -0.15) is 0 Å². The number of nitrogens with zero attached hydrogens (tertiary/aromatic N) is 2. The van der Waals surface area contributed by atoms with Crippen molar-refractivity contribution < 1.29 is 0 Å². The molecule has 3 rings (SSSR count). The molecule has 0 saturated carbocycles. The predicted octanol–water partition coefficient (Wildman–Crippen LogP) is 3.45. The zero-order valence-electron chi connectivity index (χ0n) is 9.96. The second kappa shape index (κ2) is 5.14. The van der Waals surface area contributed by atoms with Crippen molar-refractivity contribution >= 4 is 32.1 Å². The molecule has 0 fully saturated rings. The minimum atomic E-state index is 0.195. The van der Waals surface area contributed by atoms with Gasteiger partial charge in [0, 0.05) is 32.2 Å². The Morgan fingerprint density at radius 1 is 1.28 bits per heavy atom. The summed E-state index contributed by atoms with van der Waals surface area (Å²) in [6.45, 7) is 3.04. The van der Waals surface area contributed by atoms with Crippen LogP contribution in [0.3, 0.4) is 0 Å². The summed E-state index contributed by atoms with van der Waals surface area (Å²) < 4.78 is 2.71. The molecule has 18 heavy (non-hydrogen) atoms. The van der Waals surface area contributed by atoms with Gasteiger partial charge in [0.1, 0.15) is 6.33 Å². The van der Waals surface area contributed by atoms with Crippen molar-refractivity contribution in [3.63, 3.8) is 0 Å². The van der Waals surface area contributed by atoms with Crippen molar-refractivity contribution in [1.82, 2.24) is 15.3 Å². The van der Waals surface area contributed by atoms with Crippen molar-refractivity contribution in [2.45, 2.75) is 13.0 Å². The van der Waals surface area contributed by atoms with Crippen molar-refractivity contribution in [1.29, 1.82) is 0 Å². The second-order valence-corrected chi connectivity index (χ2v) is 6.02. The molecule has 1 N–H and O–H groups in total. The van der Waals surface area contributed by atoms with Crippen LogP contribution >= 0.6 is 22.7 Å². The molecule has 0 aliphatic carbocycles. The Bertz CT molecular complexity index is 601. The summed E-state index contributed by atoms with van der Waals surface area (Å²) in [7, 11) is 0. The van der Waals surface area contributed by atoms with Gasteiger partial charge in [-0.3, -0.25) is 0 Å². The predicted molar refractivity (Wildman–Crippen MR) is 77.3 cm³/mol. The molecule has 0 aromatic carbocycles. The molecule has 3 aromatic rings. The van der Waals surface area contributed by atoms with Crippen LogP contribution < -0.4 is 5.32 Å². The van der Waals surface area contributed by atoms with Gasteiger partial charge >= 0.3 is 0 Å². The fraction of sp³-hybridized carbons (Fsp3) is 0.231. The maximum Gasteiger partial charge on any atom is 0.115 e. The third-order valence-corrected chi connectivity index (χ3v) is 4.92. The lowest BCUT2D eigenvalue weighted by molar-refractivity contribution is 0.635. The number of thiophene rings is 2. The maximum absolute atomic E-state index is 4.11. The molecule has 3 heterocycles. The molecule has 0 amide bonds. The van der Waals surface area contributed by atoms with Crippen LogP contribution in [0, 0.1) is 0 Å². The average Bonchev–Trinajstić information content (AvgIpc) is 2.97. The fourth-order valence-electron chi connectivity index (χ4n) is 1.97. The van der Waals surface area contributed by atoms with E-state index in [-0.39, 0.29) is 6.04 Å². The first-order chi connectivity index (χ1) is 8.88. The number of hydrogen-bond acceptors (Lipinski definition) is 5. The first-order valence-electron chi connectivity index (χ1n) is 5.83. The van der Waals surface area contributed by atoms with E-state index in [0.29, 0.717) is 0 Å². The first-order valence-corrected chi connectivity index (χ1v) is 7.53. The van der Waals surface area contributed by atoms with Crippen LogP contribution in [0.15, 0.2) is 36.2 Å². The molecule has 1 atom stereocenters. The lowest BCUT2D eigenvalue weighted by Crippen LogP contribution is -2.21. The van der Waals surface area contributed by atoms with Crippen molar-refractivity contribution in [3.05, 3.63) is 46.7 Å². The van der Waals surface area contributed by atoms with E-state index in [2.05, 4.69) is 39.7 Å². The largest absolute Gasteiger partial charge is 0.306 e. The summed E-state index contributed by atoms with van der Waals surface area (Å²) in [4.78, 5) is 9.55. The lowest BCUT2D eigenvalue weighted by Gasteiger charge is -2.15. The molecule has 0 bridgehead atoms.